The Morgan fingerprint density at radius 2 is 1.83 bits per heavy atom. The van der Waals surface area contributed by atoms with E-state index in [1.165, 1.54) is 36.6 Å². The third-order valence-electron chi connectivity index (χ3n) is 3.80. The van der Waals surface area contributed by atoms with Crippen LogP contribution < -0.4 is 19.5 Å². The fourth-order valence-electron chi connectivity index (χ4n) is 2.38. The number of rotatable bonds is 7. The first-order valence-corrected chi connectivity index (χ1v) is 10.3. The Labute approximate surface area is 171 Å². The number of carbonyl (C=O) groups excluding carboxylic acids is 3. The van der Waals surface area contributed by atoms with Crippen molar-refractivity contribution in [1.82, 2.24) is 10.0 Å². The van der Waals surface area contributed by atoms with Gasteiger partial charge < -0.3 is 18.6 Å². The summed E-state index contributed by atoms with van der Waals surface area (Å²) in [7, 11) is -4.04. The molecule has 2 heterocycles. The van der Waals surface area contributed by atoms with Gasteiger partial charge in [0.25, 0.3) is 11.8 Å². The minimum Gasteiger partial charge on any atom is -0.490 e. The van der Waals surface area contributed by atoms with Gasteiger partial charge in [-0.1, -0.05) is 0 Å². The summed E-state index contributed by atoms with van der Waals surface area (Å²) in [6, 6.07) is 6.89. The lowest BCUT2D eigenvalue weighted by molar-refractivity contribution is -0.147. The highest BCUT2D eigenvalue weighted by atomic mass is 32.2. The molecule has 0 aliphatic carbocycles. The van der Waals surface area contributed by atoms with E-state index >= 15 is 0 Å². The second-order valence-electron chi connectivity index (χ2n) is 6.00. The maximum Gasteiger partial charge on any atom is 0.321 e. The summed E-state index contributed by atoms with van der Waals surface area (Å²) in [5.41, 5.74) is 0. The summed E-state index contributed by atoms with van der Waals surface area (Å²) in [5.74, 6) is -2.06. The molecule has 0 unspecified atom stereocenters. The van der Waals surface area contributed by atoms with Crippen LogP contribution in [0, 0.1) is 0 Å². The molecule has 0 atom stereocenters. The van der Waals surface area contributed by atoms with Crippen LogP contribution in [0.3, 0.4) is 0 Å². The van der Waals surface area contributed by atoms with Crippen LogP contribution in [0.2, 0.25) is 0 Å². The highest BCUT2D eigenvalue weighted by Crippen LogP contribution is 2.31. The smallest absolute Gasteiger partial charge is 0.321 e. The zero-order chi connectivity index (χ0) is 21.6. The zero-order valence-corrected chi connectivity index (χ0v) is 16.4. The lowest BCUT2D eigenvalue weighted by Gasteiger charge is -2.11. The summed E-state index contributed by atoms with van der Waals surface area (Å²) in [6.45, 7) is -0.627. The summed E-state index contributed by atoms with van der Waals surface area (Å²) >= 11 is 0. The Morgan fingerprint density at radius 1 is 1.07 bits per heavy atom. The summed E-state index contributed by atoms with van der Waals surface area (Å²) in [5, 5.41) is 1.96. The topological polar surface area (TPSA) is 150 Å². The molecule has 1 aliphatic rings. The number of carbonyl (C=O) groups is 3. The molecule has 160 valence electrons. The van der Waals surface area contributed by atoms with Crippen molar-refractivity contribution in [3.8, 4) is 11.5 Å². The normalized spacial score (nSPS) is 13.2. The van der Waals surface area contributed by atoms with Crippen LogP contribution in [-0.4, -0.2) is 52.6 Å². The lowest BCUT2D eigenvalue weighted by Crippen LogP contribution is -2.36. The highest BCUT2D eigenvalue weighted by molar-refractivity contribution is 7.89. The standard InChI is InChI=1S/C18H18N2O9S/c21-16(20-18(23)14-3-1-6-27-14)11-29-17(22)10-19-30(24,25)12-4-5-13-15(9-12)28-8-2-7-26-13/h1,3-6,9,19H,2,7-8,10-11H2,(H,20,21,23). The van der Waals surface area contributed by atoms with Crippen LogP contribution in [0.1, 0.15) is 17.0 Å². The zero-order valence-electron chi connectivity index (χ0n) is 15.6. The maximum atomic E-state index is 12.4. The number of ether oxygens (including phenoxy) is 3. The molecule has 0 saturated heterocycles. The summed E-state index contributed by atoms with van der Waals surface area (Å²) in [6.07, 6.45) is 1.93. The van der Waals surface area contributed by atoms with Crippen molar-refractivity contribution < 1.29 is 41.4 Å². The van der Waals surface area contributed by atoms with Gasteiger partial charge in [-0.05, 0) is 24.3 Å². The number of amides is 2. The van der Waals surface area contributed by atoms with Crippen LogP contribution in [0.15, 0.2) is 45.9 Å². The Bertz CT molecular complexity index is 1030. The molecule has 0 spiro atoms. The largest absolute Gasteiger partial charge is 0.490 e. The molecule has 2 amide bonds. The molecule has 12 heteroatoms. The number of esters is 1. The summed E-state index contributed by atoms with van der Waals surface area (Å²) < 4.78 is 47.2. The van der Waals surface area contributed by atoms with Gasteiger partial charge in [-0.15, -0.1) is 0 Å². The molecule has 11 nitrogen and oxygen atoms in total. The monoisotopic (exact) mass is 438 g/mol. The van der Waals surface area contributed by atoms with Crippen LogP contribution in [0.4, 0.5) is 0 Å². The molecule has 2 N–H and O–H groups in total. The van der Waals surface area contributed by atoms with E-state index in [1.54, 1.807) is 0 Å². The van der Waals surface area contributed by atoms with E-state index in [0.29, 0.717) is 25.4 Å². The first-order valence-electron chi connectivity index (χ1n) is 8.78. The maximum absolute atomic E-state index is 12.4. The molecule has 0 fully saturated rings. The third-order valence-corrected chi connectivity index (χ3v) is 5.20. The van der Waals surface area contributed by atoms with Gasteiger partial charge in [0, 0.05) is 12.5 Å². The number of sulfonamides is 1. The van der Waals surface area contributed by atoms with Gasteiger partial charge in [0.2, 0.25) is 10.0 Å². The van der Waals surface area contributed by atoms with Gasteiger partial charge in [0.15, 0.2) is 23.9 Å². The van der Waals surface area contributed by atoms with Crippen LogP contribution in [0.25, 0.3) is 0 Å². The predicted molar refractivity (Wildman–Crippen MR) is 99.4 cm³/mol. The number of fused-ring (bicyclic) bond motifs is 1. The number of hydrogen-bond donors (Lipinski definition) is 2. The summed E-state index contributed by atoms with van der Waals surface area (Å²) in [4.78, 5) is 34.9. The van der Waals surface area contributed by atoms with Crippen molar-refractivity contribution in [2.75, 3.05) is 26.4 Å². The molecule has 3 rings (SSSR count). The van der Waals surface area contributed by atoms with Crippen LogP contribution >= 0.6 is 0 Å². The Kier molecular flexibility index (Phi) is 6.69. The molecule has 30 heavy (non-hydrogen) atoms. The van der Waals surface area contributed by atoms with Gasteiger partial charge >= 0.3 is 5.97 Å². The van der Waals surface area contributed by atoms with Crippen molar-refractivity contribution in [2.45, 2.75) is 11.3 Å². The molecule has 1 aromatic heterocycles. The van der Waals surface area contributed by atoms with Crippen LogP contribution in [0.5, 0.6) is 11.5 Å². The van der Waals surface area contributed by atoms with Crippen molar-refractivity contribution in [2.24, 2.45) is 0 Å². The van der Waals surface area contributed by atoms with Gasteiger partial charge in [0.1, 0.15) is 6.54 Å². The molecule has 1 aliphatic heterocycles. The molecule has 1 aromatic carbocycles. The van der Waals surface area contributed by atoms with E-state index < -0.39 is 41.0 Å². The number of benzene rings is 1. The van der Waals surface area contributed by atoms with Gasteiger partial charge in [0.05, 0.1) is 24.4 Å². The van der Waals surface area contributed by atoms with Crippen molar-refractivity contribution in [1.29, 1.82) is 0 Å². The van der Waals surface area contributed by atoms with Gasteiger partial charge in [-0.25, -0.2) is 8.42 Å². The minimum absolute atomic E-state index is 0.0856. The first-order chi connectivity index (χ1) is 14.3. The van der Waals surface area contributed by atoms with Gasteiger partial charge in [-0.3, -0.25) is 19.7 Å². The SMILES string of the molecule is O=C(COC(=O)CNS(=O)(=O)c1ccc2c(c1)OCCCO2)NC(=O)c1ccco1. The van der Waals surface area contributed by atoms with E-state index in [2.05, 4.69) is 9.46 Å². The van der Waals surface area contributed by atoms with Crippen molar-refractivity contribution in [3.63, 3.8) is 0 Å². The van der Waals surface area contributed by atoms with E-state index in [4.69, 9.17) is 13.9 Å². The lowest BCUT2D eigenvalue weighted by atomic mass is 10.3. The van der Waals surface area contributed by atoms with Crippen molar-refractivity contribution in [3.05, 3.63) is 42.4 Å². The Morgan fingerprint density at radius 3 is 2.57 bits per heavy atom. The first kappa shape index (κ1) is 21.3. The number of furan rings is 1. The number of imide groups is 1. The molecule has 0 bridgehead atoms. The minimum atomic E-state index is -4.04. The van der Waals surface area contributed by atoms with Gasteiger partial charge in [-0.2, -0.15) is 4.72 Å². The molecule has 2 aromatic rings. The van der Waals surface area contributed by atoms with Crippen LogP contribution in [-0.2, 0) is 24.3 Å². The Hall–Kier alpha value is -3.38. The van der Waals surface area contributed by atoms with Crippen molar-refractivity contribution >= 4 is 27.8 Å². The van der Waals surface area contributed by atoms with E-state index in [-0.39, 0.29) is 16.4 Å². The average molecular weight is 438 g/mol. The number of nitrogens with one attached hydrogen (secondary N) is 2. The average Bonchev–Trinajstić information content (AvgIpc) is 3.16. The molecular weight excluding hydrogens is 420 g/mol. The second-order valence-corrected chi connectivity index (χ2v) is 7.77. The Balaban J connectivity index is 1.48. The number of hydrogen-bond acceptors (Lipinski definition) is 9. The predicted octanol–water partition coefficient (Wildman–Crippen LogP) is 0.219. The highest BCUT2D eigenvalue weighted by Gasteiger charge is 2.21. The van der Waals surface area contributed by atoms with E-state index in [0.717, 1.165) is 0 Å². The molecule has 0 saturated carbocycles. The fraction of sp³-hybridized carbons (Fsp3) is 0.278. The molecule has 0 radical (unpaired) electrons. The fourth-order valence-corrected chi connectivity index (χ4v) is 3.36. The van der Waals surface area contributed by atoms with E-state index in [1.807, 2.05) is 5.32 Å². The second kappa shape index (κ2) is 9.41. The van der Waals surface area contributed by atoms with E-state index in [9.17, 15) is 22.8 Å². The molecular formula is C18H18N2O9S. The quantitative estimate of drug-likeness (QED) is 0.579. The third kappa shape index (κ3) is 5.58.